The third-order valence-corrected chi connectivity index (χ3v) is 4.36. The lowest BCUT2D eigenvalue weighted by molar-refractivity contribution is 0.557. The molecule has 108 valence electrons. The number of allylic oxidation sites excluding steroid dienone is 1. The maximum Gasteiger partial charge on any atom is 0.134 e. The van der Waals surface area contributed by atoms with E-state index in [1.165, 1.54) is 22.5 Å². The van der Waals surface area contributed by atoms with Crippen LogP contribution >= 0.6 is 11.3 Å². The molecule has 0 aliphatic rings. The molecule has 3 aromatic rings. The van der Waals surface area contributed by atoms with Crippen LogP contribution < -0.4 is 0 Å². The molecule has 1 aromatic carbocycles. The van der Waals surface area contributed by atoms with Gasteiger partial charge in [-0.15, -0.1) is 11.3 Å². The van der Waals surface area contributed by atoms with Gasteiger partial charge in [-0.1, -0.05) is 12.1 Å². The minimum atomic E-state index is 0.509. The molecule has 4 heteroatoms. The quantitative estimate of drug-likeness (QED) is 0.634. The maximum atomic E-state index is 9.35. The summed E-state index contributed by atoms with van der Waals surface area (Å²) in [6.45, 7) is 4.18. The van der Waals surface area contributed by atoms with Crippen LogP contribution in [0, 0.1) is 25.2 Å². The molecule has 2 aromatic heterocycles. The molecule has 0 saturated heterocycles. The van der Waals surface area contributed by atoms with Gasteiger partial charge in [0.25, 0.3) is 0 Å². The fourth-order valence-electron chi connectivity index (χ4n) is 2.09. The lowest BCUT2D eigenvalue weighted by Gasteiger charge is -2.02. The molecule has 22 heavy (non-hydrogen) atoms. The van der Waals surface area contributed by atoms with E-state index >= 15 is 0 Å². The Kier molecular flexibility index (Phi) is 3.90. The number of hydrogen-bond donors (Lipinski definition) is 0. The highest BCUT2D eigenvalue weighted by Crippen LogP contribution is 2.28. The van der Waals surface area contributed by atoms with Crippen molar-refractivity contribution in [1.29, 1.82) is 5.26 Å². The summed E-state index contributed by atoms with van der Waals surface area (Å²) >= 11 is 1.47. The second-order valence-electron chi connectivity index (χ2n) is 5.02. The second kappa shape index (κ2) is 6.00. The summed E-state index contributed by atoms with van der Waals surface area (Å²) in [5, 5.41) is 12.0. The Labute approximate surface area is 133 Å². The third-order valence-electron chi connectivity index (χ3n) is 3.49. The average Bonchev–Trinajstić information content (AvgIpc) is 3.18. The molecule has 0 atom stereocenters. The topological polar surface area (TPSA) is 49.8 Å². The first-order chi connectivity index (χ1) is 10.7. The molecule has 0 radical (unpaired) electrons. The molecule has 0 fully saturated rings. The number of nitrogens with zero attached hydrogens (tertiary/aromatic N) is 2. The van der Waals surface area contributed by atoms with Crippen LogP contribution in [0.4, 0.5) is 0 Å². The van der Waals surface area contributed by atoms with E-state index in [1.54, 1.807) is 18.4 Å². The Morgan fingerprint density at radius 2 is 2.14 bits per heavy atom. The summed E-state index contributed by atoms with van der Waals surface area (Å²) in [6.07, 6.45) is 3.30. The molecule has 0 saturated carbocycles. The molecule has 3 rings (SSSR count). The predicted molar refractivity (Wildman–Crippen MR) is 89.2 cm³/mol. The van der Waals surface area contributed by atoms with Crippen molar-refractivity contribution in [2.45, 2.75) is 13.8 Å². The third kappa shape index (κ3) is 2.85. The molecule has 0 aliphatic carbocycles. The molecule has 0 spiro atoms. The summed E-state index contributed by atoms with van der Waals surface area (Å²) < 4.78 is 5.26. The molecule has 0 N–H and O–H groups in total. The number of rotatable bonds is 3. The van der Waals surface area contributed by atoms with Gasteiger partial charge in [-0.05, 0) is 43.2 Å². The normalized spacial score (nSPS) is 11.4. The Morgan fingerprint density at radius 1 is 1.27 bits per heavy atom. The fraction of sp³-hybridized carbons (Fsp3) is 0.111. The predicted octanol–water partition coefficient (Wildman–Crippen LogP) is 5.08. The zero-order valence-corrected chi connectivity index (χ0v) is 13.1. The molecule has 0 amide bonds. The van der Waals surface area contributed by atoms with E-state index in [-0.39, 0.29) is 0 Å². The van der Waals surface area contributed by atoms with Gasteiger partial charge in [-0.2, -0.15) is 5.26 Å². The average molecular weight is 306 g/mol. The zero-order valence-electron chi connectivity index (χ0n) is 12.3. The molecule has 2 heterocycles. The summed E-state index contributed by atoms with van der Waals surface area (Å²) in [4.78, 5) is 4.59. The van der Waals surface area contributed by atoms with Gasteiger partial charge >= 0.3 is 0 Å². The van der Waals surface area contributed by atoms with Gasteiger partial charge in [-0.3, -0.25) is 0 Å². The number of aromatic nitrogens is 1. The first-order valence-electron chi connectivity index (χ1n) is 6.86. The van der Waals surface area contributed by atoms with Gasteiger partial charge in [-0.25, -0.2) is 4.98 Å². The van der Waals surface area contributed by atoms with Crippen molar-refractivity contribution in [3.05, 3.63) is 63.9 Å². The summed E-state index contributed by atoms with van der Waals surface area (Å²) in [6, 6.07) is 12.1. The van der Waals surface area contributed by atoms with Crippen molar-refractivity contribution in [1.82, 2.24) is 4.98 Å². The Bertz CT molecular complexity index is 867. The second-order valence-corrected chi connectivity index (χ2v) is 5.88. The first-order valence-corrected chi connectivity index (χ1v) is 7.74. The Hall–Kier alpha value is -2.64. The minimum Gasteiger partial charge on any atom is -0.465 e. The monoisotopic (exact) mass is 306 g/mol. The van der Waals surface area contributed by atoms with Crippen LogP contribution in [0.15, 0.2) is 46.4 Å². The Morgan fingerprint density at radius 3 is 2.82 bits per heavy atom. The molecule has 0 bridgehead atoms. The highest BCUT2D eigenvalue weighted by molar-refractivity contribution is 7.11. The van der Waals surface area contributed by atoms with Crippen LogP contribution in [-0.2, 0) is 0 Å². The van der Waals surface area contributed by atoms with Crippen LogP contribution in [0.5, 0.6) is 0 Å². The maximum absolute atomic E-state index is 9.35. The van der Waals surface area contributed by atoms with E-state index in [0.29, 0.717) is 16.3 Å². The highest BCUT2D eigenvalue weighted by atomic mass is 32.1. The zero-order chi connectivity index (χ0) is 15.5. The van der Waals surface area contributed by atoms with Crippen molar-refractivity contribution >= 4 is 23.0 Å². The van der Waals surface area contributed by atoms with Crippen LogP contribution in [0.2, 0.25) is 0 Å². The van der Waals surface area contributed by atoms with Crippen LogP contribution in [0.25, 0.3) is 22.9 Å². The number of aryl methyl sites for hydroxylation is 2. The first kappa shape index (κ1) is 14.3. The van der Waals surface area contributed by atoms with Crippen molar-refractivity contribution in [2.24, 2.45) is 0 Å². The molecular weight excluding hydrogens is 292 g/mol. The SMILES string of the molecule is Cc1ccc(-c2csc(C(C#N)=Cc3ccco3)n2)cc1C. The molecular formula is C18H14N2OS. The van der Waals surface area contributed by atoms with Crippen LogP contribution in [0.3, 0.4) is 0 Å². The number of hydrogen-bond acceptors (Lipinski definition) is 4. The van der Waals surface area contributed by atoms with Gasteiger partial charge in [0.05, 0.1) is 17.5 Å². The highest BCUT2D eigenvalue weighted by Gasteiger charge is 2.10. The lowest BCUT2D eigenvalue weighted by atomic mass is 10.1. The van der Waals surface area contributed by atoms with E-state index in [4.69, 9.17) is 4.42 Å². The smallest absolute Gasteiger partial charge is 0.134 e. The largest absolute Gasteiger partial charge is 0.465 e. The number of nitriles is 1. The lowest BCUT2D eigenvalue weighted by Crippen LogP contribution is -1.85. The Balaban J connectivity index is 1.96. The molecule has 0 unspecified atom stereocenters. The fourth-order valence-corrected chi connectivity index (χ4v) is 2.88. The van der Waals surface area contributed by atoms with Gasteiger partial charge in [0, 0.05) is 17.0 Å². The van der Waals surface area contributed by atoms with Gasteiger partial charge < -0.3 is 4.42 Å². The summed E-state index contributed by atoms with van der Waals surface area (Å²) in [5.74, 6) is 0.652. The van der Waals surface area contributed by atoms with E-state index in [0.717, 1.165) is 11.3 Å². The van der Waals surface area contributed by atoms with E-state index < -0.39 is 0 Å². The van der Waals surface area contributed by atoms with Crippen molar-refractivity contribution in [3.8, 4) is 17.3 Å². The molecule has 0 aliphatic heterocycles. The van der Waals surface area contributed by atoms with Gasteiger partial charge in [0.15, 0.2) is 0 Å². The molecule has 3 nitrogen and oxygen atoms in total. The summed E-state index contributed by atoms with van der Waals surface area (Å²) in [5.41, 5.74) is 4.97. The number of furan rings is 1. The van der Waals surface area contributed by atoms with Crippen molar-refractivity contribution in [3.63, 3.8) is 0 Å². The number of benzene rings is 1. The van der Waals surface area contributed by atoms with Crippen molar-refractivity contribution < 1.29 is 4.42 Å². The summed E-state index contributed by atoms with van der Waals surface area (Å²) in [7, 11) is 0. The van der Waals surface area contributed by atoms with Gasteiger partial charge in [0.1, 0.15) is 16.8 Å². The van der Waals surface area contributed by atoms with E-state index in [2.05, 4.69) is 43.1 Å². The van der Waals surface area contributed by atoms with E-state index in [1.807, 2.05) is 11.4 Å². The van der Waals surface area contributed by atoms with Gasteiger partial charge in [0.2, 0.25) is 0 Å². The van der Waals surface area contributed by atoms with Crippen molar-refractivity contribution in [2.75, 3.05) is 0 Å². The van der Waals surface area contributed by atoms with Crippen LogP contribution in [0.1, 0.15) is 21.9 Å². The van der Waals surface area contributed by atoms with Crippen LogP contribution in [-0.4, -0.2) is 4.98 Å². The minimum absolute atomic E-state index is 0.509. The standard InChI is InChI=1S/C18H14N2OS/c1-12-5-6-14(8-13(12)2)17-11-22-18(20-17)15(10-19)9-16-4-3-7-21-16/h3-9,11H,1-2H3. The number of thiazole rings is 1. The van der Waals surface area contributed by atoms with E-state index in [9.17, 15) is 5.26 Å².